The maximum absolute atomic E-state index is 12.0. The molecule has 0 bridgehead atoms. The highest BCUT2D eigenvalue weighted by Crippen LogP contribution is 2.12. The van der Waals surface area contributed by atoms with Gasteiger partial charge in [-0.3, -0.25) is 9.59 Å². The predicted molar refractivity (Wildman–Crippen MR) is 92.2 cm³/mol. The summed E-state index contributed by atoms with van der Waals surface area (Å²) in [6.07, 6.45) is 1.80. The minimum absolute atomic E-state index is 0.0463. The number of hydrogen-bond donors (Lipinski definition) is 1. The van der Waals surface area contributed by atoms with E-state index in [0.29, 0.717) is 6.54 Å². The third-order valence-electron chi connectivity index (χ3n) is 3.56. The second-order valence-electron chi connectivity index (χ2n) is 5.38. The van der Waals surface area contributed by atoms with Gasteiger partial charge in [-0.2, -0.15) is 0 Å². The van der Waals surface area contributed by atoms with Gasteiger partial charge in [0.25, 0.3) is 0 Å². The Hall–Kier alpha value is -2.62. The Morgan fingerprint density at radius 3 is 2.17 bits per heavy atom. The van der Waals surface area contributed by atoms with Crippen LogP contribution in [0.5, 0.6) is 0 Å². The molecule has 0 aliphatic rings. The van der Waals surface area contributed by atoms with Gasteiger partial charge in [0.05, 0.1) is 0 Å². The highest BCUT2D eigenvalue weighted by molar-refractivity contribution is 5.97. The molecule has 0 spiro atoms. The average molecular weight is 310 g/mol. The van der Waals surface area contributed by atoms with Crippen molar-refractivity contribution in [1.29, 1.82) is 0 Å². The smallest absolute Gasteiger partial charge is 0.240 e. The number of aryl methyl sites for hydroxylation is 1. The molecule has 0 aliphatic carbocycles. The zero-order chi connectivity index (χ0) is 16.5. The molecule has 0 atom stereocenters. The van der Waals surface area contributed by atoms with Crippen molar-refractivity contribution in [3.05, 3.63) is 66.2 Å². The van der Waals surface area contributed by atoms with E-state index in [1.54, 1.807) is 0 Å². The van der Waals surface area contributed by atoms with Crippen LogP contribution in [0.1, 0.15) is 18.9 Å². The minimum atomic E-state index is -0.143. The van der Waals surface area contributed by atoms with Crippen LogP contribution in [0.2, 0.25) is 0 Å². The highest BCUT2D eigenvalue weighted by atomic mass is 16.2. The van der Waals surface area contributed by atoms with Crippen LogP contribution in [0.25, 0.3) is 0 Å². The van der Waals surface area contributed by atoms with Crippen molar-refractivity contribution in [2.45, 2.75) is 19.8 Å². The number of benzene rings is 2. The van der Waals surface area contributed by atoms with Crippen molar-refractivity contribution in [3.63, 3.8) is 0 Å². The van der Waals surface area contributed by atoms with Gasteiger partial charge in [0.15, 0.2) is 0 Å². The molecular weight excluding hydrogens is 288 g/mol. The molecular formula is C19H22N2O2. The molecule has 2 rings (SSSR count). The molecule has 0 saturated heterocycles. The zero-order valence-corrected chi connectivity index (χ0v) is 13.4. The van der Waals surface area contributed by atoms with Crippen LogP contribution in [-0.4, -0.2) is 24.9 Å². The fourth-order valence-corrected chi connectivity index (χ4v) is 2.36. The zero-order valence-electron chi connectivity index (χ0n) is 13.4. The van der Waals surface area contributed by atoms with Crippen molar-refractivity contribution in [2.24, 2.45) is 0 Å². The molecule has 2 aromatic carbocycles. The van der Waals surface area contributed by atoms with Crippen molar-refractivity contribution in [3.8, 4) is 0 Å². The maximum atomic E-state index is 12.0. The van der Waals surface area contributed by atoms with Gasteiger partial charge in [0, 0.05) is 19.2 Å². The number of nitrogens with zero attached hydrogens (tertiary/aromatic N) is 1. The quantitative estimate of drug-likeness (QED) is 0.800. The van der Waals surface area contributed by atoms with E-state index in [0.717, 1.165) is 18.5 Å². The summed E-state index contributed by atoms with van der Waals surface area (Å²) < 4.78 is 0. The Labute approximate surface area is 137 Å². The second-order valence-corrected chi connectivity index (χ2v) is 5.38. The lowest BCUT2D eigenvalue weighted by Crippen LogP contribution is -2.40. The first-order valence-corrected chi connectivity index (χ1v) is 7.80. The average Bonchev–Trinajstić information content (AvgIpc) is 2.58. The number of carbonyl (C=O) groups excluding carboxylic acids is 2. The molecule has 2 amide bonds. The van der Waals surface area contributed by atoms with Crippen molar-refractivity contribution in [2.75, 3.05) is 18.0 Å². The number of amides is 2. The Kier molecular flexibility index (Phi) is 6.36. The third-order valence-corrected chi connectivity index (χ3v) is 3.56. The molecule has 4 nitrogen and oxygen atoms in total. The number of nitrogens with one attached hydrogen (secondary N) is 1. The molecule has 4 heteroatoms. The summed E-state index contributed by atoms with van der Waals surface area (Å²) in [6, 6.07) is 19.4. The van der Waals surface area contributed by atoms with E-state index in [1.807, 2.05) is 48.5 Å². The van der Waals surface area contributed by atoms with Crippen LogP contribution in [0.15, 0.2) is 60.7 Å². The molecule has 120 valence electrons. The minimum Gasteiger partial charge on any atom is -0.355 e. The van der Waals surface area contributed by atoms with E-state index in [-0.39, 0.29) is 18.4 Å². The van der Waals surface area contributed by atoms with Gasteiger partial charge in [-0.05, 0) is 30.5 Å². The van der Waals surface area contributed by atoms with Gasteiger partial charge in [-0.1, -0.05) is 48.5 Å². The Balaban J connectivity index is 1.77. The lowest BCUT2D eigenvalue weighted by atomic mass is 10.1. The summed E-state index contributed by atoms with van der Waals surface area (Å²) in [5.74, 6) is -0.284. The van der Waals surface area contributed by atoms with Crippen LogP contribution in [0.3, 0.4) is 0 Å². The maximum Gasteiger partial charge on any atom is 0.240 e. The van der Waals surface area contributed by atoms with Gasteiger partial charge in [-0.25, -0.2) is 0 Å². The van der Waals surface area contributed by atoms with Crippen LogP contribution in [0, 0.1) is 0 Å². The number of rotatable bonds is 7. The van der Waals surface area contributed by atoms with Gasteiger partial charge in [0.1, 0.15) is 6.54 Å². The monoisotopic (exact) mass is 310 g/mol. The first kappa shape index (κ1) is 16.7. The summed E-state index contributed by atoms with van der Waals surface area (Å²) in [4.78, 5) is 25.3. The van der Waals surface area contributed by atoms with Gasteiger partial charge in [0.2, 0.25) is 11.8 Å². The Bertz CT molecular complexity index is 626. The van der Waals surface area contributed by atoms with Crippen molar-refractivity contribution >= 4 is 17.5 Å². The molecule has 0 heterocycles. The number of anilines is 1. The number of para-hydroxylation sites is 1. The summed E-state index contributed by atoms with van der Waals surface area (Å²) in [5, 5.41) is 2.88. The van der Waals surface area contributed by atoms with Gasteiger partial charge < -0.3 is 10.2 Å². The SMILES string of the molecule is CC(=O)N(CC(=O)NCCCc1ccccc1)c1ccccc1. The van der Waals surface area contributed by atoms with E-state index >= 15 is 0 Å². The fourth-order valence-electron chi connectivity index (χ4n) is 2.36. The molecule has 0 saturated carbocycles. The highest BCUT2D eigenvalue weighted by Gasteiger charge is 2.14. The topological polar surface area (TPSA) is 49.4 Å². The Morgan fingerprint density at radius 1 is 0.957 bits per heavy atom. The van der Waals surface area contributed by atoms with Crippen LogP contribution >= 0.6 is 0 Å². The molecule has 0 aromatic heterocycles. The number of hydrogen-bond acceptors (Lipinski definition) is 2. The summed E-state index contributed by atoms with van der Waals surface area (Å²) in [7, 11) is 0. The fraction of sp³-hybridized carbons (Fsp3) is 0.263. The van der Waals surface area contributed by atoms with E-state index in [2.05, 4.69) is 17.4 Å². The first-order chi connectivity index (χ1) is 11.2. The van der Waals surface area contributed by atoms with E-state index in [9.17, 15) is 9.59 Å². The summed E-state index contributed by atoms with van der Waals surface area (Å²) in [6.45, 7) is 2.12. The normalized spacial score (nSPS) is 10.1. The molecule has 0 unspecified atom stereocenters. The summed E-state index contributed by atoms with van der Waals surface area (Å²) >= 11 is 0. The molecule has 0 radical (unpaired) electrons. The molecule has 2 aromatic rings. The molecule has 1 N–H and O–H groups in total. The van der Waals surface area contributed by atoms with Crippen LogP contribution in [0.4, 0.5) is 5.69 Å². The van der Waals surface area contributed by atoms with Crippen LogP contribution in [-0.2, 0) is 16.0 Å². The van der Waals surface area contributed by atoms with Crippen molar-refractivity contribution in [1.82, 2.24) is 5.32 Å². The molecule has 0 fully saturated rings. The number of carbonyl (C=O) groups is 2. The molecule has 0 aliphatic heterocycles. The first-order valence-electron chi connectivity index (χ1n) is 7.80. The van der Waals surface area contributed by atoms with E-state index < -0.39 is 0 Å². The summed E-state index contributed by atoms with van der Waals surface area (Å²) in [5.41, 5.74) is 2.00. The third kappa shape index (κ3) is 5.58. The second kappa shape index (κ2) is 8.73. The van der Waals surface area contributed by atoms with Gasteiger partial charge in [-0.15, -0.1) is 0 Å². The van der Waals surface area contributed by atoms with Crippen molar-refractivity contribution < 1.29 is 9.59 Å². The molecule has 23 heavy (non-hydrogen) atoms. The van der Waals surface area contributed by atoms with Gasteiger partial charge >= 0.3 is 0 Å². The predicted octanol–water partition coefficient (Wildman–Crippen LogP) is 2.79. The van der Waals surface area contributed by atoms with E-state index in [1.165, 1.54) is 17.4 Å². The lowest BCUT2D eigenvalue weighted by Gasteiger charge is -2.20. The van der Waals surface area contributed by atoms with Crippen LogP contribution < -0.4 is 10.2 Å². The Morgan fingerprint density at radius 2 is 1.57 bits per heavy atom. The largest absolute Gasteiger partial charge is 0.355 e. The lowest BCUT2D eigenvalue weighted by molar-refractivity contribution is -0.123. The standard InChI is InChI=1S/C19H22N2O2/c1-16(22)21(18-12-6-3-7-13-18)15-19(23)20-14-8-11-17-9-4-2-5-10-17/h2-7,9-10,12-13H,8,11,14-15H2,1H3,(H,20,23). The van der Waals surface area contributed by atoms with E-state index in [4.69, 9.17) is 0 Å².